The van der Waals surface area contributed by atoms with E-state index < -0.39 is 10.0 Å². The van der Waals surface area contributed by atoms with Crippen molar-refractivity contribution in [1.29, 1.82) is 0 Å². The largest absolute Gasteiger partial charge is 0.399 e. The Balaban J connectivity index is 1.86. The maximum absolute atomic E-state index is 12.1. The standard InChI is InChI=1S/C14H22N2O3S/c1-11-8-12(15)10-14(9-11)20(17,18)16-6-7-19-13-4-2-3-5-13/h8-10,13,16H,2-7,15H2,1H3. The van der Waals surface area contributed by atoms with E-state index in [1.54, 1.807) is 12.1 Å². The van der Waals surface area contributed by atoms with Crippen LogP contribution in [0.25, 0.3) is 0 Å². The number of anilines is 1. The average Bonchev–Trinajstić information content (AvgIpc) is 2.86. The number of nitrogens with two attached hydrogens (primary N) is 1. The van der Waals surface area contributed by atoms with Gasteiger partial charge in [0.1, 0.15) is 0 Å². The molecule has 1 aliphatic rings. The highest BCUT2D eigenvalue weighted by molar-refractivity contribution is 7.89. The summed E-state index contributed by atoms with van der Waals surface area (Å²) < 4.78 is 32.4. The van der Waals surface area contributed by atoms with Crippen LogP contribution in [0.5, 0.6) is 0 Å². The van der Waals surface area contributed by atoms with Gasteiger partial charge in [0.15, 0.2) is 0 Å². The normalized spacial score (nSPS) is 16.6. The van der Waals surface area contributed by atoms with Crippen molar-refractivity contribution >= 4 is 15.7 Å². The molecular weight excluding hydrogens is 276 g/mol. The Morgan fingerprint density at radius 1 is 1.30 bits per heavy atom. The van der Waals surface area contributed by atoms with Gasteiger partial charge in [-0.1, -0.05) is 12.8 Å². The molecule has 1 aromatic carbocycles. The van der Waals surface area contributed by atoms with E-state index in [1.807, 2.05) is 6.92 Å². The summed E-state index contributed by atoms with van der Waals surface area (Å²) in [6.45, 7) is 2.51. The molecule has 0 atom stereocenters. The number of benzene rings is 1. The minimum atomic E-state index is -3.51. The zero-order valence-corrected chi connectivity index (χ0v) is 12.6. The molecule has 0 radical (unpaired) electrons. The van der Waals surface area contributed by atoms with Crippen molar-refractivity contribution in [3.63, 3.8) is 0 Å². The van der Waals surface area contributed by atoms with E-state index in [4.69, 9.17) is 10.5 Å². The summed E-state index contributed by atoms with van der Waals surface area (Å²) in [5.74, 6) is 0. The molecule has 0 heterocycles. The van der Waals surface area contributed by atoms with Gasteiger partial charge in [0.2, 0.25) is 10.0 Å². The predicted molar refractivity (Wildman–Crippen MR) is 79.0 cm³/mol. The van der Waals surface area contributed by atoms with Crippen LogP contribution < -0.4 is 10.5 Å². The molecule has 3 N–H and O–H groups in total. The summed E-state index contributed by atoms with van der Waals surface area (Å²) in [5, 5.41) is 0. The van der Waals surface area contributed by atoms with Gasteiger partial charge in [0.05, 0.1) is 17.6 Å². The summed E-state index contributed by atoms with van der Waals surface area (Å²) in [6.07, 6.45) is 4.88. The first-order valence-electron chi connectivity index (χ1n) is 6.96. The van der Waals surface area contributed by atoms with Crippen molar-refractivity contribution in [3.05, 3.63) is 23.8 Å². The fourth-order valence-corrected chi connectivity index (χ4v) is 3.62. The van der Waals surface area contributed by atoms with E-state index in [1.165, 1.54) is 18.9 Å². The van der Waals surface area contributed by atoms with Crippen molar-refractivity contribution in [1.82, 2.24) is 4.72 Å². The highest BCUT2D eigenvalue weighted by Gasteiger charge is 2.17. The summed E-state index contributed by atoms with van der Waals surface area (Å²) in [7, 11) is -3.51. The van der Waals surface area contributed by atoms with Gasteiger partial charge in [-0.15, -0.1) is 0 Å². The molecule has 1 saturated carbocycles. The molecule has 0 aromatic heterocycles. The molecule has 0 aliphatic heterocycles. The second kappa shape index (κ2) is 6.56. The fraction of sp³-hybridized carbons (Fsp3) is 0.571. The van der Waals surface area contributed by atoms with Crippen LogP contribution in [0.4, 0.5) is 5.69 Å². The van der Waals surface area contributed by atoms with Gasteiger partial charge in [-0.2, -0.15) is 0 Å². The first-order valence-corrected chi connectivity index (χ1v) is 8.44. The van der Waals surface area contributed by atoms with Crippen LogP contribution in [0.15, 0.2) is 23.1 Å². The van der Waals surface area contributed by atoms with Crippen molar-refractivity contribution in [3.8, 4) is 0 Å². The molecule has 6 heteroatoms. The van der Waals surface area contributed by atoms with Crippen LogP contribution in [-0.2, 0) is 14.8 Å². The van der Waals surface area contributed by atoms with Crippen molar-refractivity contribution in [2.45, 2.75) is 43.6 Å². The summed E-state index contributed by atoms with van der Waals surface area (Å²) >= 11 is 0. The lowest BCUT2D eigenvalue weighted by atomic mass is 10.2. The number of aryl methyl sites for hydroxylation is 1. The molecule has 0 bridgehead atoms. The number of nitrogens with one attached hydrogen (secondary N) is 1. The van der Waals surface area contributed by atoms with E-state index in [2.05, 4.69) is 4.72 Å². The predicted octanol–water partition coefficient (Wildman–Crippen LogP) is 1.81. The number of ether oxygens (including phenoxy) is 1. The Labute approximate surface area is 120 Å². The first-order chi connectivity index (χ1) is 9.47. The summed E-state index contributed by atoms with van der Waals surface area (Å²) in [4.78, 5) is 0.205. The molecule has 1 aliphatic carbocycles. The Hall–Kier alpha value is -1.11. The molecule has 20 heavy (non-hydrogen) atoms. The van der Waals surface area contributed by atoms with Gasteiger partial charge < -0.3 is 10.5 Å². The number of nitrogen functional groups attached to an aromatic ring is 1. The molecule has 0 saturated heterocycles. The van der Waals surface area contributed by atoms with Crippen molar-refractivity contribution in [2.24, 2.45) is 0 Å². The van der Waals surface area contributed by atoms with Gasteiger partial charge in [-0.3, -0.25) is 0 Å². The zero-order valence-electron chi connectivity index (χ0n) is 11.8. The lowest BCUT2D eigenvalue weighted by molar-refractivity contribution is 0.0626. The van der Waals surface area contributed by atoms with Crippen LogP contribution in [0, 0.1) is 6.92 Å². The highest BCUT2D eigenvalue weighted by atomic mass is 32.2. The van der Waals surface area contributed by atoms with E-state index in [0.717, 1.165) is 18.4 Å². The second-order valence-electron chi connectivity index (χ2n) is 5.25. The smallest absolute Gasteiger partial charge is 0.240 e. The first kappa shape index (κ1) is 15.3. The fourth-order valence-electron chi connectivity index (χ4n) is 2.47. The molecule has 1 aromatic rings. The highest BCUT2D eigenvalue weighted by Crippen LogP contribution is 2.20. The lowest BCUT2D eigenvalue weighted by Gasteiger charge is -2.12. The maximum atomic E-state index is 12.1. The number of hydrogen-bond donors (Lipinski definition) is 2. The number of hydrogen-bond acceptors (Lipinski definition) is 4. The van der Waals surface area contributed by atoms with Gasteiger partial charge >= 0.3 is 0 Å². The quantitative estimate of drug-likeness (QED) is 0.620. The van der Waals surface area contributed by atoms with Gasteiger partial charge in [-0.05, 0) is 43.5 Å². The van der Waals surface area contributed by atoms with E-state index in [9.17, 15) is 8.42 Å². The molecule has 0 spiro atoms. The van der Waals surface area contributed by atoms with Gasteiger partial charge in [0.25, 0.3) is 0 Å². The summed E-state index contributed by atoms with van der Waals surface area (Å²) in [5.41, 5.74) is 6.95. The number of sulfonamides is 1. The molecule has 1 fully saturated rings. The van der Waals surface area contributed by atoms with E-state index in [0.29, 0.717) is 18.4 Å². The Morgan fingerprint density at radius 3 is 2.65 bits per heavy atom. The van der Waals surface area contributed by atoms with Crippen molar-refractivity contribution < 1.29 is 13.2 Å². The minimum Gasteiger partial charge on any atom is -0.399 e. The van der Waals surface area contributed by atoms with Crippen molar-refractivity contribution in [2.75, 3.05) is 18.9 Å². The Morgan fingerprint density at radius 2 is 2.00 bits per heavy atom. The summed E-state index contributed by atoms with van der Waals surface area (Å²) in [6, 6.07) is 4.81. The SMILES string of the molecule is Cc1cc(N)cc(S(=O)(=O)NCCOC2CCCC2)c1. The third-order valence-corrected chi connectivity index (χ3v) is 4.87. The van der Waals surface area contributed by atoms with E-state index >= 15 is 0 Å². The third kappa shape index (κ3) is 4.19. The average molecular weight is 298 g/mol. The zero-order chi connectivity index (χ0) is 14.6. The van der Waals surface area contributed by atoms with Crippen LogP contribution in [-0.4, -0.2) is 27.7 Å². The minimum absolute atomic E-state index is 0.205. The third-order valence-electron chi connectivity index (χ3n) is 3.43. The Bertz CT molecular complexity index is 531. The van der Waals surface area contributed by atoms with Gasteiger partial charge in [0, 0.05) is 12.2 Å². The second-order valence-corrected chi connectivity index (χ2v) is 7.02. The van der Waals surface area contributed by atoms with Gasteiger partial charge in [-0.25, -0.2) is 13.1 Å². The molecular formula is C14H22N2O3S. The van der Waals surface area contributed by atoms with Crippen LogP contribution in [0.2, 0.25) is 0 Å². The molecule has 0 amide bonds. The van der Waals surface area contributed by atoms with Crippen LogP contribution in [0.3, 0.4) is 0 Å². The molecule has 2 rings (SSSR count). The number of rotatable bonds is 6. The molecule has 5 nitrogen and oxygen atoms in total. The topological polar surface area (TPSA) is 81.4 Å². The van der Waals surface area contributed by atoms with E-state index in [-0.39, 0.29) is 11.4 Å². The Kier molecular flexibility index (Phi) is 5.01. The van der Waals surface area contributed by atoms with Crippen LogP contribution in [0.1, 0.15) is 31.2 Å². The van der Waals surface area contributed by atoms with Crippen LogP contribution >= 0.6 is 0 Å². The molecule has 0 unspecified atom stereocenters. The maximum Gasteiger partial charge on any atom is 0.240 e. The molecule has 112 valence electrons. The lowest BCUT2D eigenvalue weighted by Crippen LogP contribution is -2.28. The monoisotopic (exact) mass is 298 g/mol.